The van der Waals surface area contributed by atoms with Crippen LogP contribution in [0, 0.1) is 0 Å². The summed E-state index contributed by atoms with van der Waals surface area (Å²) in [6, 6.07) is 25.7. The summed E-state index contributed by atoms with van der Waals surface area (Å²) in [7, 11) is -3.79. The molecule has 0 unspecified atom stereocenters. The lowest BCUT2D eigenvalue weighted by atomic mass is 10.0. The Balaban J connectivity index is 1.76. The fourth-order valence-corrected chi connectivity index (χ4v) is 3.98. The van der Waals surface area contributed by atoms with E-state index < -0.39 is 10.0 Å². The van der Waals surface area contributed by atoms with Crippen molar-refractivity contribution in [1.82, 2.24) is 5.32 Å². The van der Waals surface area contributed by atoms with Gasteiger partial charge in [0, 0.05) is 11.7 Å². The molecule has 7 heteroatoms. The van der Waals surface area contributed by atoms with E-state index in [4.69, 9.17) is 5.14 Å². The van der Waals surface area contributed by atoms with Crippen LogP contribution in [0.2, 0.25) is 0 Å². The number of carbonyl (C=O) groups excluding carboxylic acids is 1. The van der Waals surface area contributed by atoms with Crippen LogP contribution in [0.3, 0.4) is 0 Å². The zero-order chi connectivity index (χ0) is 22.3. The molecule has 0 aliphatic rings. The Morgan fingerprint density at radius 1 is 0.968 bits per heavy atom. The molecule has 3 aromatic carbocycles. The second-order valence-electron chi connectivity index (χ2n) is 7.26. The van der Waals surface area contributed by atoms with E-state index in [0.717, 1.165) is 16.8 Å². The number of hydrogen-bond acceptors (Lipinski definition) is 4. The van der Waals surface area contributed by atoms with Crippen molar-refractivity contribution >= 4 is 21.6 Å². The van der Waals surface area contributed by atoms with Gasteiger partial charge in [0.1, 0.15) is 0 Å². The van der Waals surface area contributed by atoms with Crippen LogP contribution >= 0.6 is 0 Å². The van der Waals surface area contributed by atoms with Crippen LogP contribution in [0.15, 0.2) is 89.8 Å². The Labute approximate surface area is 183 Å². The number of para-hydroxylation sites is 1. The molecule has 0 aliphatic carbocycles. The molecular weight excluding hydrogens is 410 g/mol. The number of benzene rings is 3. The van der Waals surface area contributed by atoms with Crippen LogP contribution < -0.4 is 15.4 Å². The van der Waals surface area contributed by atoms with Gasteiger partial charge in [-0.05, 0) is 41.8 Å². The van der Waals surface area contributed by atoms with Crippen molar-refractivity contribution in [3.63, 3.8) is 0 Å². The lowest BCUT2D eigenvalue weighted by Crippen LogP contribution is -2.39. The van der Waals surface area contributed by atoms with E-state index in [1.807, 2.05) is 73.7 Å². The van der Waals surface area contributed by atoms with Crippen molar-refractivity contribution in [2.24, 2.45) is 5.14 Å². The summed E-state index contributed by atoms with van der Waals surface area (Å²) in [6.07, 6.45) is 0.686. The molecule has 0 aliphatic heterocycles. The Bertz CT molecular complexity index is 1100. The average molecular weight is 438 g/mol. The van der Waals surface area contributed by atoms with Gasteiger partial charge >= 0.3 is 0 Å². The summed E-state index contributed by atoms with van der Waals surface area (Å²) in [4.78, 5) is 15.0. The summed E-state index contributed by atoms with van der Waals surface area (Å²) >= 11 is 0. The number of amides is 1. The summed E-state index contributed by atoms with van der Waals surface area (Å²) in [5.74, 6) is -0.0731. The van der Waals surface area contributed by atoms with Gasteiger partial charge in [-0.3, -0.25) is 4.79 Å². The third-order valence-electron chi connectivity index (χ3n) is 5.05. The van der Waals surface area contributed by atoms with Crippen molar-refractivity contribution in [2.45, 2.75) is 30.8 Å². The average Bonchev–Trinajstić information content (AvgIpc) is 2.78. The van der Waals surface area contributed by atoms with E-state index in [2.05, 4.69) is 5.32 Å². The predicted molar refractivity (Wildman–Crippen MR) is 123 cm³/mol. The minimum atomic E-state index is -3.79. The molecule has 3 rings (SSSR count). The number of nitrogens with zero attached hydrogens (tertiary/aromatic N) is 1. The minimum Gasteiger partial charge on any atom is -0.307 e. The topological polar surface area (TPSA) is 92.5 Å². The maximum absolute atomic E-state index is 13.2. The lowest BCUT2D eigenvalue weighted by Gasteiger charge is -2.25. The first-order valence-corrected chi connectivity index (χ1v) is 11.7. The van der Waals surface area contributed by atoms with Crippen LogP contribution in [0.25, 0.3) is 0 Å². The van der Waals surface area contributed by atoms with Crippen molar-refractivity contribution in [2.75, 3.05) is 11.4 Å². The fraction of sp³-hybridized carbons (Fsp3) is 0.208. The fourth-order valence-electron chi connectivity index (χ4n) is 3.41. The number of hydrogen-bond donors (Lipinski definition) is 2. The van der Waals surface area contributed by atoms with E-state index in [-0.39, 0.29) is 23.4 Å². The van der Waals surface area contributed by atoms with Gasteiger partial charge in [-0.1, -0.05) is 67.6 Å². The second kappa shape index (κ2) is 10.3. The molecule has 3 N–H and O–H groups in total. The van der Waals surface area contributed by atoms with Gasteiger partial charge in [0.05, 0.1) is 18.0 Å². The molecule has 162 valence electrons. The van der Waals surface area contributed by atoms with E-state index in [1.165, 1.54) is 6.07 Å². The molecule has 0 heterocycles. The van der Waals surface area contributed by atoms with Crippen molar-refractivity contribution < 1.29 is 13.2 Å². The first kappa shape index (κ1) is 22.7. The highest BCUT2D eigenvalue weighted by Crippen LogP contribution is 2.21. The van der Waals surface area contributed by atoms with Gasteiger partial charge in [0.15, 0.2) is 0 Å². The molecule has 31 heavy (non-hydrogen) atoms. The van der Waals surface area contributed by atoms with Crippen molar-refractivity contribution in [3.8, 4) is 0 Å². The predicted octanol–water partition coefficient (Wildman–Crippen LogP) is 3.61. The number of nitrogens with two attached hydrogens (primary N) is 1. The Hall–Kier alpha value is -3.00. The Kier molecular flexibility index (Phi) is 7.57. The number of primary sulfonamides is 1. The summed E-state index contributed by atoms with van der Waals surface area (Å²) in [5, 5.41) is 8.53. The third-order valence-corrected chi connectivity index (χ3v) is 5.96. The molecular formula is C24H27N3O3S. The molecule has 1 atom stereocenters. The monoisotopic (exact) mass is 437 g/mol. The van der Waals surface area contributed by atoms with E-state index in [0.29, 0.717) is 13.0 Å². The van der Waals surface area contributed by atoms with Gasteiger partial charge < -0.3 is 10.2 Å². The normalized spacial score (nSPS) is 12.3. The number of sulfonamides is 1. The molecule has 0 aromatic heterocycles. The Morgan fingerprint density at radius 3 is 2.23 bits per heavy atom. The van der Waals surface area contributed by atoms with E-state index in [1.54, 1.807) is 17.0 Å². The van der Waals surface area contributed by atoms with Crippen LogP contribution in [-0.2, 0) is 21.4 Å². The van der Waals surface area contributed by atoms with E-state index >= 15 is 0 Å². The smallest absolute Gasteiger partial charge is 0.241 e. The number of anilines is 1. The van der Waals surface area contributed by atoms with Crippen molar-refractivity contribution in [1.29, 1.82) is 0 Å². The molecule has 0 spiro atoms. The van der Waals surface area contributed by atoms with Gasteiger partial charge in [-0.2, -0.15) is 0 Å². The van der Waals surface area contributed by atoms with Gasteiger partial charge in [-0.15, -0.1) is 0 Å². The molecule has 0 bridgehead atoms. The molecule has 0 radical (unpaired) electrons. The standard InChI is InChI=1S/C24H27N3O3S/c1-2-23(20-12-9-15-22(16-20)31(25,29)30)26-17-24(28)27(21-13-7-4-8-14-21)18-19-10-5-3-6-11-19/h3-16,23,26H,2,17-18H2,1H3,(H2,25,29,30)/t23-/m0/s1. The molecule has 0 saturated heterocycles. The maximum atomic E-state index is 13.2. The minimum absolute atomic E-state index is 0.0616. The second-order valence-corrected chi connectivity index (χ2v) is 8.82. The number of nitrogens with one attached hydrogen (secondary N) is 1. The first-order chi connectivity index (χ1) is 14.9. The van der Waals surface area contributed by atoms with Gasteiger partial charge in [0.25, 0.3) is 0 Å². The van der Waals surface area contributed by atoms with Gasteiger partial charge in [0.2, 0.25) is 15.9 Å². The molecule has 6 nitrogen and oxygen atoms in total. The molecule has 3 aromatic rings. The molecule has 0 saturated carbocycles. The first-order valence-electron chi connectivity index (χ1n) is 10.1. The highest BCUT2D eigenvalue weighted by molar-refractivity contribution is 7.89. The maximum Gasteiger partial charge on any atom is 0.241 e. The molecule has 1 amide bonds. The lowest BCUT2D eigenvalue weighted by molar-refractivity contribution is -0.118. The zero-order valence-electron chi connectivity index (χ0n) is 17.4. The Morgan fingerprint density at radius 2 is 1.61 bits per heavy atom. The van der Waals surface area contributed by atoms with E-state index in [9.17, 15) is 13.2 Å². The van der Waals surface area contributed by atoms with Crippen LogP contribution in [-0.4, -0.2) is 20.9 Å². The summed E-state index contributed by atoms with van der Waals surface area (Å²) < 4.78 is 23.4. The number of carbonyl (C=O) groups is 1. The van der Waals surface area contributed by atoms with Crippen LogP contribution in [0.5, 0.6) is 0 Å². The molecule has 0 fully saturated rings. The van der Waals surface area contributed by atoms with Crippen LogP contribution in [0.4, 0.5) is 5.69 Å². The highest BCUT2D eigenvalue weighted by Gasteiger charge is 2.19. The number of rotatable bonds is 9. The SMILES string of the molecule is CC[C@H](NCC(=O)N(Cc1ccccc1)c1ccccc1)c1cccc(S(N)(=O)=O)c1. The third kappa shape index (κ3) is 6.24. The highest BCUT2D eigenvalue weighted by atomic mass is 32.2. The van der Waals surface area contributed by atoms with Crippen molar-refractivity contribution in [3.05, 3.63) is 96.1 Å². The largest absolute Gasteiger partial charge is 0.307 e. The zero-order valence-corrected chi connectivity index (χ0v) is 18.3. The van der Waals surface area contributed by atoms with Gasteiger partial charge in [-0.25, -0.2) is 13.6 Å². The quantitative estimate of drug-likeness (QED) is 0.535. The van der Waals surface area contributed by atoms with Crippen LogP contribution in [0.1, 0.15) is 30.5 Å². The summed E-state index contributed by atoms with van der Waals surface area (Å²) in [5.41, 5.74) is 2.63. The summed E-state index contributed by atoms with van der Waals surface area (Å²) in [6.45, 7) is 2.55.